The number of nitrogens with one attached hydrogen (secondary N) is 1. The van der Waals surface area contributed by atoms with E-state index in [4.69, 9.17) is 5.26 Å². The van der Waals surface area contributed by atoms with Crippen LogP contribution in [0.1, 0.15) is 26.3 Å². The number of hydrogen-bond donors (Lipinski definition) is 2. The lowest BCUT2D eigenvalue weighted by atomic mass is 9.99. The lowest BCUT2D eigenvalue weighted by molar-refractivity contribution is 0.133. The summed E-state index contributed by atoms with van der Waals surface area (Å²) in [5, 5.41) is 24.5. The van der Waals surface area contributed by atoms with Crippen molar-refractivity contribution >= 4 is 16.5 Å². The molecule has 0 aliphatic rings. The van der Waals surface area contributed by atoms with Crippen LogP contribution in [0.15, 0.2) is 29.6 Å². The first-order valence-corrected chi connectivity index (χ1v) is 7.22. The maximum Gasteiger partial charge on any atom is 0.183 e. The Morgan fingerprint density at radius 3 is 2.55 bits per heavy atom. The summed E-state index contributed by atoms with van der Waals surface area (Å²) >= 11 is 1.50. The zero-order chi connectivity index (χ0) is 14.8. The van der Waals surface area contributed by atoms with E-state index >= 15 is 0 Å². The SMILES string of the molecule is CC(O)C(C)(C)Nc1nc(-c2ccc(C#N)cc2)cs1. The quantitative estimate of drug-likeness (QED) is 0.905. The van der Waals surface area contributed by atoms with Crippen LogP contribution in [0.2, 0.25) is 0 Å². The number of anilines is 1. The third kappa shape index (κ3) is 3.16. The van der Waals surface area contributed by atoms with E-state index in [1.165, 1.54) is 11.3 Å². The predicted molar refractivity (Wildman–Crippen MR) is 81.6 cm³/mol. The van der Waals surface area contributed by atoms with Crippen molar-refractivity contribution < 1.29 is 5.11 Å². The summed E-state index contributed by atoms with van der Waals surface area (Å²) < 4.78 is 0. The minimum Gasteiger partial charge on any atom is -0.391 e. The minimum atomic E-state index is -0.482. The average Bonchev–Trinajstić information content (AvgIpc) is 2.86. The van der Waals surface area contributed by atoms with E-state index in [1.807, 2.05) is 31.4 Å². The van der Waals surface area contributed by atoms with Crippen LogP contribution in [0, 0.1) is 11.3 Å². The largest absolute Gasteiger partial charge is 0.391 e. The third-order valence-corrected chi connectivity index (χ3v) is 4.05. The molecule has 1 heterocycles. The molecule has 0 saturated heterocycles. The fraction of sp³-hybridized carbons (Fsp3) is 0.333. The van der Waals surface area contributed by atoms with E-state index in [9.17, 15) is 5.11 Å². The summed E-state index contributed by atoms with van der Waals surface area (Å²) in [4.78, 5) is 4.52. The molecule has 5 heteroatoms. The Balaban J connectivity index is 2.18. The third-order valence-electron chi connectivity index (χ3n) is 3.29. The van der Waals surface area contributed by atoms with Crippen LogP contribution in [0.3, 0.4) is 0 Å². The van der Waals surface area contributed by atoms with Crippen molar-refractivity contribution in [1.82, 2.24) is 4.98 Å². The molecule has 1 unspecified atom stereocenters. The van der Waals surface area contributed by atoms with E-state index in [-0.39, 0.29) is 0 Å². The molecule has 0 amide bonds. The number of aliphatic hydroxyl groups excluding tert-OH is 1. The Morgan fingerprint density at radius 2 is 2.00 bits per heavy atom. The van der Waals surface area contributed by atoms with Crippen molar-refractivity contribution in [2.24, 2.45) is 0 Å². The molecule has 0 bridgehead atoms. The Hall–Kier alpha value is -1.90. The van der Waals surface area contributed by atoms with Gasteiger partial charge in [-0.3, -0.25) is 0 Å². The van der Waals surface area contributed by atoms with Crippen molar-refractivity contribution in [2.45, 2.75) is 32.4 Å². The molecule has 0 aliphatic heterocycles. The van der Waals surface area contributed by atoms with Crippen LogP contribution in [0.5, 0.6) is 0 Å². The summed E-state index contributed by atoms with van der Waals surface area (Å²) in [5.74, 6) is 0. The number of nitrogens with zero attached hydrogens (tertiary/aromatic N) is 2. The molecule has 0 spiro atoms. The van der Waals surface area contributed by atoms with Gasteiger partial charge in [0.1, 0.15) is 0 Å². The van der Waals surface area contributed by atoms with Gasteiger partial charge in [0, 0.05) is 10.9 Å². The highest BCUT2D eigenvalue weighted by atomic mass is 32.1. The first-order valence-electron chi connectivity index (χ1n) is 6.34. The number of aromatic nitrogens is 1. The molecule has 0 aliphatic carbocycles. The van der Waals surface area contributed by atoms with Gasteiger partial charge < -0.3 is 10.4 Å². The van der Waals surface area contributed by atoms with E-state index < -0.39 is 11.6 Å². The highest BCUT2D eigenvalue weighted by molar-refractivity contribution is 7.14. The van der Waals surface area contributed by atoms with E-state index in [2.05, 4.69) is 16.4 Å². The fourth-order valence-corrected chi connectivity index (χ4v) is 2.44. The van der Waals surface area contributed by atoms with Crippen LogP contribution in [0.25, 0.3) is 11.3 Å². The zero-order valence-corrected chi connectivity index (χ0v) is 12.5. The molecule has 20 heavy (non-hydrogen) atoms. The average molecular weight is 287 g/mol. The molecule has 2 N–H and O–H groups in total. The van der Waals surface area contributed by atoms with Gasteiger partial charge in [-0.15, -0.1) is 11.3 Å². The molecule has 0 saturated carbocycles. The lowest BCUT2D eigenvalue weighted by Gasteiger charge is -2.28. The van der Waals surface area contributed by atoms with E-state index in [0.717, 1.165) is 16.4 Å². The maximum atomic E-state index is 9.71. The van der Waals surface area contributed by atoms with Crippen molar-refractivity contribution in [3.05, 3.63) is 35.2 Å². The first-order chi connectivity index (χ1) is 9.42. The van der Waals surface area contributed by atoms with Crippen LogP contribution >= 0.6 is 11.3 Å². The van der Waals surface area contributed by atoms with Gasteiger partial charge in [-0.05, 0) is 32.9 Å². The second kappa shape index (κ2) is 5.61. The van der Waals surface area contributed by atoms with Gasteiger partial charge >= 0.3 is 0 Å². The Morgan fingerprint density at radius 1 is 1.35 bits per heavy atom. The number of thiazole rings is 1. The number of hydrogen-bond acceptors (Lipinski definition) is 5. The first kappa shape index (κ1) is 14.5. The van der Waals surface area contributed by atoms with Gasteiger partial charge in [-0.2, -0.15) is 5.26 Å². The van der Waals surface area contributed by atoms with Crippen molar-refractivity contribution in [3.8, 4) is 17.3 Å². The van der Waals surface area contributed by atoms with Crippen LogP contribution in [-0.2, 0) is 0 Å². The van der Waals surface area contributed by atoms with Gasteiger partial charge in [0.05, 0.1) is 29.0 Å². The Bertz CT molecular complexity index is 623. The summed E-state index contributed by atoms with van der Waals surface area (Å²) in [6.07, 6.45) is -0.482. The molecule has 1 aromatic heterocycles. The van der Waals surface area contributed by atoms with Crippen molar-refractivity contribution in [3.63, 3.8) is 0 Å². The maximum absolute atomic E-state index is 9.71. The van der Waals surface area contributed by atoms with Crippen molar-refractivity contribution in [2.75, 3.05) is 5.32 Å². The number of aliphatic hydroxyl groups is 1. The molecule has 0 fully saturated rings. The van der Waals surface area contributed by atoms with E-state index in [1.54, 1.807) is 19.1 Å². The van der Waals surface area contributed by atoms with Gasteiger partial charge in [-0.25, -0.2) is 4.98 Å². The fourth-order valence-electron chi connectivity index (χ4n) is 1.56. The predicted octanol–water partition coefficient (Wildman–Crippen LogP) is 3.25. The minimum absolute atomic E-state index is 0.431. The molecule has 2 aromatic rings. The summed E-state index contributed by atoms with van der Waals surface area (Å²) in [6, 6.07) is 9.43. The Labute approximate surface area is 122 Å². The normalized spacial score (nSPS) is 12.8. The second-order valence-electron chi connectivity index (χ2n) is 5.25. The zero-order valence-electron chi connectivity index (χ0n) is 11.7. The summed E-state index contributed by atoms with van der Waals surface area (Å²) in [6.45, 7) is 5.61. The number of benzene rings is 1. The van der Waals surface area contributed by atoms with Gasteiger partial charge in [0.2, 0.25) is 0 Å². The van der Waals surface area contributed by atoms with Crippen LogP contribution in [-0.4, -0.2) is 21.7 Å². The summed E-state index contributed by atoms with van der Waals surface area (Å²) in [5.41, 5.74) is 2.05. The topological polar surface area (TPSA) is 68.9 Å². The van der Waals surface area contributed by atoms with E-state index in [0.29, 0.717) is 5.56 Å². The van der Waals surface area contributed by atoms with Gasteiger partial charge in [0.15, 0.2) is 5.13 Å². The van der Waals surface area contributed by atoms with Crippen LogP contribution < -0.4 is 5.32 Å². The standard InChI is InChI=1S/C15H17N3OS/c1-10(19)15(2,3)18-14-17-13(9-20-14)12-6-4-11(8-16)5-7-12/h4-7,9-10,19H,1-3H3,(H,17,18). The molecule has 4 nitrogen and oxygen atoms in total. The molecule has 104 valence electrons. The molecule has 1 aromatic carbocycles. The number of rotatable bonds is 4. The molecule has 0 radical (unpaired) electrons. The Kier molecular flexibility index (Phi) is 4.07. The van der Waals surface area contributed by atoms with Crippen LogP contribution in [0.4, 0.5) is 5.13 Å². The lowest BCUT2D eigenvalue weighted by Crippen LogP contribution is -2.41. The highest BCUT2D eigenvalue weighted by Gasteiger charge is 2.24. The smallest absolute Gasteiger partial charge is 0.183 e. The number of nitriles is 1. The van der Waals surface area contributed by atoms with Gasteiger partial charge in [-0.1, -0.05) is 12.1 Å². The molecule has 1 atom stereocenters. The molecular weight excluding hydrogens is 270 g/mol. The molecular formula is C15H17N3OS. The monoisotopic (exact) mass is 287 g/mol. The molecule has 2 rings (SSSR count). The summed E-state index contributed by atoms with van der Waals surface area (Å²) in [7, 11) is 0. The van der Waals surface area contributed by atoms with Gasteiger partial charge in [0.25, 0.3) is 0 Å². The second-order valence-corrected chi connectivity index (χ2v) is 6.11. The highest BCUT2D eigenvalue weighted by Crippen LogP contribution is 2.27. The van der Waals surface area contributed by atoms with Crippen molar-refractivity contribution in [1.29, 1.82) is 5.26 Å².